The fraction of sp³-hybridized carbons (Fsp3) is 0.400. The normalized spacial score (nSPS) is 14.5. The molecule has 2 nitrogen and oxygen atoms in total. The van der Waals surface area contributed by atoms with Crippen LogP contribution in [0.1, 0.15) is 22.6 Å². The van der Waals surface area contributed by atoms with Crippen molar-refractivity contribution in [1.82, 2.24) is 4.90 Å². The minimum absolute atomic E-state index is 0.293. The Labute approximate surface area is 121 Å². The molecule has 3 rings (SSSR count). The van der Waals surface area contributed by atoms with Crippen LogP contribution in [0, 0.1) is 0 Å². The Morgan fingerprint density at radius 2 is 1.84 bits per heavy atom. The Kier molecular flexibility index (Phi) is 3.99. The van der Waals surface area contributed by atoms with Crippen LogP contribution in [0.15, 0.2) is 35.0 Å². The summed E-state index contributed by atoms with van der Waals surface area (Å²) in [6.07, 6.45) is 3.92. The summed E-state index contributed by atoms with van der Waals surface area (Å²) in [6, 6.07) is 8.80. The summed E-state index contributed by atoms with van der Waals surface area (Å²) in [5.74, 6) is 0.293. The molecule has 2 aromatic rings. The molecule has 0 aliphatic heterocycles. The van der Waals surface area contributed by atoms with Gasteiger partial charge in [0.2, 0.25) is 5.91 Å². The van der Waals surface area contributed by atoms with Crippen LogP contribution in [0.2, 0.25) is 0 Å². The van der Waals surface area contributed by atoms with Gasteiger partial charge in [0, 0.05) is 22.3 Å². The van der Waals surface area contributed by atoms with Gasteiger partial charge in [-0.3, -0.25) is 4.79 Å². The SMILES string of the molecule is O=C(Cc1cccs1)N(CCc1cccs1)C1CC1. The van der Waals surface area contributed by atoms with Gasteiger partial charge in [-0.25, -0.2) is 0 Å². The van der Waals surface area contributed by atoms with Crippen LogP contribution in [-0.4, -0.2) is 23.4 Å². The molecule has 0 spiro atoms. The highest BCUT2D eigenvalue weighted by Gasteiger charge is 2.32. The van der Waals surface area contributed by atoms with E-state index in [9.17, 15) is 4.79 Å². The highest BCUT2D eigenvalue weighted by atomic mass is 32.1. The number of nitrogens with zero attached hydrogens (tertiary/aromatic N) is 1. The first-order valence-corrected chi connectivity index (χ1v) is 8.43. The van der Waals surface area contributed by atoms with Crippen molar-refractivity contribution in [3.05, 3.63) is 44.8 Å². The highest BCUT2D eigenvalue weighted by molar-refractivity contribution is 7.10. The third-order valence-electron chi connectivity index (χ3n) is 3.39. The van der Waals surface area contributed by atoms with Crippen molar-refractivity contribution in [2.24, 2.45) is 0 Å². The maximum Gasteiger partial charge on any atom is 0.228 e. The molecule has 1 fully saturated rings. The van der Waals surface area contributed by atoms with E-state index in [4.69, 9.17) is 0 Å². The fourth-order valence-electron chi connectivity index (χ4n) is 2.25. The molecule has 2 aromatic heterocycles. The summed E-state index contributed by atoms with van der Waals surface area (Å²) in [6.45, 7) is 0.870. The van der Waals surface area contributed by atoms with Crippen molar-refractivity contribution in [3.8, 4) is 0 Å². The Hall–Kier alpha value is -1.13. The molecular formula is C15H17NOS2. The van der Waals surface area contributed by atoms with Gasteiger partial charge in [0.05, 0.1) is 6.42 Å². The first kappa shape index (κ1) is 12.9. The smallest absolute Gasteiger partial charge is 0.228 e. The van der Waals surface area contributed by atoms with E-state index in [2.05, 4.69) is 22.4 Å². The molecule has 0 N–H and O–H groups in total. The number of hydrogen-bond acceptors (Lipinski definition) is 3. The third kappa shape index (κ3) is 3.45. The Bertz CT molecular complexity index is 514. The third-order valence-corrected chi connectivity index (χ3v) is 5.21. The van der Waals surface area contributed by atoms with E-state index in [0.29, 0.717) is 18.4 Å². The van der Waals surface area contributed by atoms with E-state index in [1.165, 1.54) is 22.6 Å². The van der Waals surface area contributed by atoms with Gasteiger partial charge in [0.1, 0.15) is 0 Å². The molecule has 0 atom stereocenters. The molecule has 4 heteroatoms. The summed E-state index contributed by atoms with van der Waals surface area (Å²) in [4.78, 5) is 17.0. The molecule has 19 heavy (non-hydrogen) atoms. The number of hydrogen-bond donors (Lipinski definition) is 0. The van der Waals surface area contributed by atoms with Gasteiger partial charge in [-0.1, -0.05) is 12.1 Å². The standard InChI is InChI=1S/C15H17NOS2/c17-15(11-14-4-2-10-19-14)16(12-5-6-12)8-7-13-3-1-9-18-13/h1-4,9-10,12H,5-8,11H2. The zero-order chi connectivity index (χ0) is 13.1. The van der Waals surface area contributed by atoms with E-state index < -0.39 is 0 Å². The van der Waals surface area contributed by atoms with Crippen LogP contribution in [0.5, 0.6) is 0 Å². The van der Waals surface area contributed by atoms with Crippen LogP contribution < -0.4 is 0 Å². The second-order valence-electron chi connectivity index (χ2n) is 4.90. The number of carbonyl (C=O) groups is 1. The van der Waals surface area contributed by atoms with E-state index in [0.717, 1.165) is 13.0 Å². The molecule has 1 aliphatic carbocycles. The van der Waals surface area contributed by atoms with Crippen LogP contribution in [0.25, 0.3) is 0 Å². The van der Waals surface area contributed by atoms with E-state index >= 15 is 0 Å². The van der Waals surface area contributed by atoms with E-state index in [-0.39, 0.29) is 0 Å². The monoisotopic (exact) mass is 291 g/mol. The van der Waals surface area contributed by atoms with Gasteiger partial charge in [0.15, 0.2) is 0 Å². The summed E-state index contributed by atoms with van der Waals surface area (Å²) in [5, 5.41) is 4.14. The number of carbonyl (C=O) groups excluding carboxylic acids is 1. The molecule has 0 saturated heterocycles. The summed E-state index contributed by atoms with van der Waals surface area (Å²) in [7, 11) is 0. The van der Waals surface area contributed by atoms with Crippen molar-refractivity contribution in [2.75, 3.05) is 6.54 Å². The lowest BCUT2D eigenvalue weighted by Crippen LogP contribution is -2.35. The maximum absolute atomic E-state index is 12.4. The number of rotatable bonds is 6. The van der Waals surface area contributed by atoms with E-state index in [1.807, 2.05) is 17.5 Å². The van der Waals surface area contributed by atoms with Crippen LogP contribution >= 0.6 is 22.7 Å². The summed E-state index contributed by atoms with van der Waals surface area (Å²) < 4.78 is 0. The minimum Gasteiger partial charge on any atom is -0.339 e. The molecule has 1 aliphatic rings. The van der Waals surface area contributed by atoms with Crippen molar-refractivity contribution in [1.29, 1.82) is 0 Å². The lowest BCUT2D eigenvalue weighted by Gasteiger charge is -2.22. The number of amides is 1. The van der Waals surface area contributed by atoms with Crippen molar-refractivity contribution < 1.29 is 4.79 Å². The molecule has 0 bridgehead atoms. The van der Waals surface area contributed by atoms with Gasteiger partial charge >= 0.3 is 0 Å². The predicted octanol–water partition coefficient (Wildman–Crippen LogP) is 3.59. The molecule has 100 valence electrons. The Morgan fingerprint density at radius 3 is 2.42 bits per heavy atom. The van der Waals surface area contributed by atoms with Gasteiger partial charge in [-0.15, -0.1) is 22.7 Å². The van der Waals surface area contributed by atoms with Gasteiger partial charge in [0.25, 0.3) is 0 Å². The minimum atomic E-state index is 0.293. The lowest BCUT2D eigenvalue weighted by molar-refractivity contribution is -0.131. The van der Waals surface area contributed by atoms with Crippen molar-refractivity contribution in [3.63, 3.8) is 0 Å². The fourth-order valence-corrected chi connectivity index (χ4v) is 3.64. The van der Waals surface area contributed by atoms with Gasteiger partial charge < -0.3 is 4.90 Å². The molecule has 0 radical (unpaired) electrons. The average molecular weight is 291 g/mol. The average Bonchev–Trinajstić information content (AvgIpc) is 2.91. The zero-order valence-corrected chi connectivity index (χ0v) is 12.4. The Morgan fingerprint density at radius 1 is 1.16 bits per heavy atom. The predicted molar refractivity (Wildman–Crippen MR) is 80.8 cm³/mol. The van der Waals surface area contributed by atoms with Gasteiger partial charge in [-0.2, -0.15) is 0 Å². The number of thiophene rings is 2. The van der Waals surface area contributed by atoms with Crippen LogP contribution in [0.4, 0.5) is 0 Å². The second kappa shape index (κ2) is 5.88. The zero-order valence-electron chi connectivity index (χ0n) is 10.7. The largest absolute Gasteiger partial charge is 0.339 e. The molecule has 2 heterocycles. The molecule has 0 aromatic carbocycles. The first-order valence-electron chi connectivity index (χ1n) is 6.67. The first-order chi connectivity index (χ1) is 9.33. The quantitative estimate of drug-likeness (QED) is 0.796. The van der Waals surface area contributed by atoms with Crippen LogP contribution in [-0.2, 0) is 17.6 Å². The van der Waals surface area contributed by atoms with Crippen LogP contribution in [0.3, 0.4) is 0 Å². The topological polar surface area (TPSA) is 20.3 Å². The van der Waals surface area contributed by atoms with Crippen molar-refractivity contribution >= 4 is 28.6 Å². The second-order valence-corrected chi connectivity index (χ2v) is 6.97. The molecule has 1 saturated carbocycles. The highest BCUT2D eigenvalue weighted by Crippen LogP contribution is 2.28. The van der Waals surface area contributed by atoms with E-state index in [1.54, 1.807) is 22.7 Å². The van der Waals surface area contributed by atoms with Gasteiger partial charge in [-0.05, 0) is 42.2 Å². The van der Waals surface area contributed by atoms with Crippen molar-refractivity contribution in [2.45, 2.75) is 31.7 Å². The molecule has 1 amide bonds. The maximum atomic E-state index is 12.4. The summed E-state index contributed by atoms with van der Waals surface area (Å²) >= 11 is 3.45. The lowest BCUT2D eigenvalue weighted by atomic mass is 10.2. The summed E-state index contributed by atoms with van der Waals surface area (Å²) in [5.41, 5.74) is 0. The molecule has 0 unspecified atom stereocenters. The Balaban J connectivity index is 1.59. The molecular weight excluding hydrogens is 274 g/mol.